The number of rotatable bonds is 3. The van der Waals surface area contributed by atoms with Gasteiger partial charge in [0.15, 0.2) is 0 Å². The van der Waals surface area contributed by atoms with E-state index >= 15 is 0 Å². The molecular formula is C18H22N4O. The van der Waals surface area contributed by atoms with E-state index in [1.54, 1.807) is 0 Å². The first kappa shape index (κ1) is 14.5. The van der Waals surface area contributed by atoms with Crippen molar-refractivity contribution >= 4 is 5.91 Å². The van der Waals surface area contributed by atoms with Gasteiger partial charge < -0.3 is 9.88 Å². The maximum Gasteiger partial charge on any atom is 0.228 e. The first-order valence-corrected chi connectivity index (χ1v) is 8.21. The second-order valence-corrected chi connectivity index (χ2v) is 6.75. The van der Waals surface area contributed by atoms with Crippen molar-refractivity contribution in [3.8, 4) is 0 Å². The molecule has 0 aliphatic carbocycles. The van der Waals surface area contributed by atoms with Gasteiger partial charge in [-0.3, -0.25) is 9.69 Å². The SMILES string of the molecule is Cn1ccnc1CN1C[C@@H](c2ccccc2)[C@@]2(CCNC2=O)C1. The highest BCUT2D eigenvalue weighted by atomic mass is 16.2. The molecule has 2 aliphatic rings. The van der Waals surface area contributed by atoms with Crippen LogP contribution in [0.3, 0.4) is 0 Å². The number of hydrogen-bond acceptors (Lipinski definition) is 3. The van der Waals surface area contributed by atoms with Gasteiger partial charge >= 0.3 is 0 Å². The van der Waals surface area contributed by atoms with Gasteiger partial charge in [-0.1, -0.05) is 30.3 Å². The van der Waals surface area contributed by atoms with Crippen LogP contribution in [0.25, 0.3) is 0 Å². The lowest BCUT2D eigenvalue weighted by Crippen LogP contribution is -2.37. The highest BCUT2D eigenvalue weighted by Gasteiger charge is 2.54. The molecule has 2 saturated heterocycles. The van der Waals surface area contributed by atoms with Crippen LogP contribution in [0.2, 0.25) is 0 Å². The Hall–Kier alpha value is -2.14. The monoisotopic (exact) mass is 310 g/mol. The Morgan fingerprint density at radius 3 is 2.83 bits per heavy atom. The third kappa shape index (κ3) is 2.36. The molecule has 2 aromatic rings. The minimum atomic E-state index is -0.285. The molecular weight excluding hydrogens is 288 g/mol. The fourth-order valence-electron chi connectivity index (χ4n) is 4.16. The van der Waals surface area contributed by atoms with Gasteiger partial charge in [-0.25, -0.2) is 4.98 Å². The molecule has 120 valence electrons. The molecule has 23 heavy (non-hydrogen) atoms. The zero-order chi connectivity index (χ0) is 15.9. The molecule has 1 aromatic carbocycles. The maximum atomic E-state index is 12.6. The van der Waals surface area contributed by atoms with Crippen LogP contribution in [0.5, 0.6) is 0 Å². The van der Waals surface area contributed by atoms with Crippen LogP contribution in [-0.4, -0.2) is 40.0 Å². The van der Waals surface area contributed by atoms with Crippen LogP contribution < -0.4 is 5.32 Å². The maximum absolute atomic E-state index is 12.6. The number of aryl methyl sites for hydroxylation is 1. The van der Waals surface area contributed by atoms with Crippen molar-refractivity contribution in [2.75, 3.05) is 19.6 Å². The quantitative estimate of drug-likeness (QED) is 0.935. The van der Waals surface area contributed by atoms with Gasteiger partial charge in [0.05, 0.1) is 12.0 Å². The smallest absolute Gasteiger partial charge is 0.228 e. The van der Waals surface area contributed by atoms with E-state index in [0.29, 0.717) is 0 Å². The van der Waals surface area contributed by atoms with E-state index in [9.17, 15) is 4.79 Å². The molecule has 1 amide bonds. The summed E-state index contributed by atoms with van der Waals surface area (Å²) in [5.41, 5.74) is 0.985. The molecule has 2 fully saturated rings. The summed E-state index contributed by atoms with van der Waals surface area (Å²) in [4.78, 5) is 19.5. The molecule has 4 rings (SSSR count). The molecule has 2 atom stereocenters. The summed E-state index contributed by atoms with van der Waals surface area (Å²) in [7, 11) is 2.02. The first-order valence-electron chi connectivity index (χ1n) is 8.21. The van der Waals surface area contributed by atoms with E-state index in [4.69, 9.17) is 0 Å². The number of nitrogens with one attached hydrogen (secondary N) is 1. The Morgan fingerprint density at radius 1 is 1.35 bits per heavy atom. The van der Waals surface area contributed by atoms with Crippen molar-refractivity contribution in [2.45, 2.75) is 18.9 Å². The van der Waals surface area contributed by atoms with Gasteiger partial charge in [0.1, 0.15) is 5.82 Å². The van der Waals surface area contributed by atoms with E-state index in [1.807, 2.05) is 25.5 Å². The van der Waals surface area contributed by atoms with E-state index in [2.05, 4.69) is 44.0 Å². The second-order valence-electron chi connectivity index (χ2n) is 6.75. The number of aromatic nitrogens is 2. The minimum Gasteiger partial charge on any atom is -0.356 e. The molecule has 1 N–H and O–H groups in total. The lowest BCUT2D eigenvalue weighted by molar-refractivity contribution is -0.127. The van der Waals surface area contributed by atoms with Crippen LogP contribution in [0, 0.1) is 5.41 Å². The van der Waals surface area contributed by atoms with Crippen molar-refractivity contribution in [3.63, 3.8) is 0 Å². The van der Waals surface area contributed by atoms with Crippen molar-refractivity contribution in [1.82, 2.24) is 19.8 Å². The van der Waals surface area contributed by atoms with Crippen LogP contribution in [0.1, 0.15) is 23.7 Å². The molecule has 1 spiro atoms. The van der Waals surface area contributed by atoms with E-state index < -0.39 is 0 Å². The van der Waals surface area contributed by atoms with Crippen molar-refractivity contribution in [3.05, 3.63) is 54.1 Å². The Morgan fingerprint density at radius 2 is 2.17 bits per heavy atom. The largest absolute Gasteiger partial charge is 0.356 e. The number of amides is 1. The first-order chi connectivity index (χ1) is 11.2. The fourth-order valence-corrected chi connectivity index (χ4v) is 4.16. The van der Waals surface area contributed by atoms with Gasteiger partial charge in [0.25, 0.3) is 0 Å². The summed E-state index contributed by atoms with van der Waals surface area (Å²) in [6, 6.07) is 10.5. The van der Waals surface area contributed by atoms with E-state index in [1.165, 1.54) is 5.56 Å². The predicted octanol–water partition coefficient (Wildman–Crippen LogP) is 1.53. The summed E-state index contributed by atoms with van der Waals surface area (Å²) < 4.78 is 2.05. The Balaban J connectivity index is 1.64. The Kier molecular flexibility index (Phi) is 3.45. The summed E-state index contributed by atoms with van der Waals surface area (Å²) in [6.45, 7) is 3.30. The number of carbonyl (C=O) groups is 1. The van der Waals surface area contributed by atoms with Crippen LogP contribution in [0.15, 0.2) is 42.7 Å². The summed E-state index contributed by atoms with van der Waals surface area (Å²) in [5, 5.41) is 3.06. The number of carbonyl (C=O) groups excluding carboxylic acids is 1. The predicted molar refractivity (Wildman–Crippen MR) is 87.7 cm³/mol. The number of hydrogen-bond donors (Lipinski definition) is 1. The highest BCUT2D eigenvalue weighted by Crippen LogP contribution is 2.47. The molecule has 1 aromatic heterocycles. The van der Waals surface area contributed by atoms with E-state index in [-0.39, 0.29) is 17.2 Å². The third-order valence-corrected chi connectivity index (χ3v) is 5.41. The summed E-state index contributed by atoms with van der Waals surface area (Å²) in [5.74, 6) is 1.52. The average Bonchev–Trinajstić information content (AvgIpc) is 3.24. The zero-order valence-electron chi connectivity index (χ0n) is 13.4. The number of likely N-dealkylation sites (tertiary alicyclic amines) is 1. The van der Waals surface area contributed by atoms with Gasteiger partial charge in [-0.2, -0.15) is 0 Å². The van der Waals surface area contributed by atoms with Gasteiger partial charge in [0.2, 0.25) is 5.91 Å². The lowest BCUT2D eigenvalue weighted by atomic mass is 9.73. The zero-order valence-corrected chi connectivity index (χ0v) is 13.4. The number of imidazole rings is 1. The molecule has 0 unspecified atom stereocenters. The van der Waals surface area contributed by atoms with Crippen molar-refractivity contribution < 1.29 is 4.79 Å². The van der Waals surface area contributed by atoms with Crippen LogP contribution in [0.4, 0.5) is 0 Å². The molecule has 0 saturated carbocycles. The number of benzene rings is 1. The molecule has 2 aliphatic heterocycles. The topological polar surface area (TPSA) is 50.2 Å². The summed E-state index contributed by atoms with van der Waals surface area (Å²) >= 11 is 0. The third-order valence-electron chi connectivity index (χ3n) is 5.41. The molecule has 5 heteroatoms. The normalized spacial score (nSPS) is 27.7. The van der Waals surface area contributed by atoms with Crippen molar-refractivity contribution in [2.24, 2.45) is 12.5 Å². The van der Waals surface area contributed by atoms with Crippen LogP contribution in [-0.2, 0) is 18.4 Å². The standard InChI is InChI=1S/C18H22N4O/c1-21-10-9-19-16(21)12-22-11-15(14-5-3-2-4-6-14)18(13-22)7-8-20-17(18)23/h2-6,9-10,15H,7-8,11-13H2,1H3,(H,20,23)/t15-,18+/m0/s1. The molecule has 5 nitrogen and oxygen atoms in total. The Bertz CT molecular complexity index is 711. The molecule has 3 heterocycles. The van der Waals surface area contributed by atoms with Gasteiger partial charge in [-0.05, 0) is 12.0 Å². The van der Waals surface area contributed by atoms with Gasteiger partial charge in [-0.15, -0.1) is 0 Å². The Labute approximate surface area is 136 Å². The second kappa shape index (κ2) is 5.49. The number of nitrogens with zero attached hydrogens (tertiary/aromatic N) is 3. The summed E-state index contributed by atoms with van der Waals surface area (Å²) in [6.07, 6.45) is 4.72. The molecule has 0 radical (unpaired) electrons. The average molecular weight is 310 g/mol. The highest BCUT2D eigenvalue weighted by molar-refractivity contribution is 5.86. The van der Waals surface area contributed by atoms with E-state index in [0.717, 1.165) is 38.4 Å². The van der Waals surface area contributed by atoms with Crippen LogP contribution >= 0.6 is 0 Å². The lowest BCUT2D eigenvalue weighted by Gasteiger charge is -2.27. The molecule has 0 bridgehead atoms. The fraction of sp³-hybridized carbons (Fsp3) is 0.444. The minimum absolute atomic E-state index is 0.216. The van der Waals surface area contributed by atoms with Crippen molar-refractivity contribution in [1.29, 1.82) is 0 Å². The van der Waals surface area contributed by atoms with Gasteiger partial charge in [0, 0.05) is 45.0 Å².